The maximum Gasteiger partial charge on any atom is 0.253 e. The van der Waals surface area contributed by atoms with Gasteiger partial charge >= 0.3 is 0 Å². The molecule has 2 aliphatic rings. The van der Waals surface area contributed by atoms with Crippen LogP contribution in [0, 0.1) is 5.92 Å². The summed E-state index contributed by atoms with van der Waals surface area (Å²) < 4.78 is 0. The second-order valence-corrected chi connectivity index (χ2v) is 8.58. The number of aromatic nitrogens is 1. The topological polar surface area (TPSA) is 62.2 Å². The fourth-order valence-corrected chi connectivity index (χ4v) is 4.10. The van der Waals surface area contributed by atoms with Crippen LogP contribution in [0.2, 0.25) is 5.02 Å². The van der Waals surface area contributed by atoms with Crippen LogP contribution in [0.4, 0.5) is 0 Å². The molecule has 0 aliphatic heterocycles. The van der Waals surface area contributed by atoms with Crippen molar-refractivity contribution < 1.29 is 9.90 Å². The number of aliphatic hydroxyl groups excluding tert-OH is 1. The third-order valence-electron chi connectivity index (χ3n) is 5.92. The molecule has 5 heteroatoms. The van der Waals surface area contributed by atoms with Crippen LogP contribution < -0.4 is 5.32 Å². The molecule has 4 rings (SSSR count). The minimum Gasteiger partial charge on any atom is -0.391 e. The van der Waals surface area contributed by atoms with E-state index in [0.29, 0.717) is 10.6 Å². The second kappa shape index (κ2) is 8.62. The highest BCUT2D eigenvalue weighted by Gasteiger charge is 2.26. The van der Waals surface area contributed by atoms with Gasteiger partial charge in [-0.25, -0.2) is 0 Å². The Kier molecular flexibility index (Phi) is 5.98. The van der Waals surface area contributed by atoms with Crippen molar-refractivity contribution in [2.75, 3.05) is 0 Å². The van der Waals surface area contributed by atoms with Gasteiger partial charge in [0, 0.05) is 22.5 Å². The van der Waals surface area contributed by atoms with Crippen LogP contribution in [-0.4, -0.2) is 28.1 Å². The van der Waals surface area contributed by atoms with Crippen LogP contribution >= 0.6 is 11.6 Å². The molecule has 0 unspecified atom stereocenters. The molecule has 0 saturated heterocycles. The summed E-state index contributed by atoms with van der Waals surface area (Å²) in [5.74, 6) is 0.665. The molecule has 148 valence electrons. The highest BCUT2D eigenvalue weighted by Crippen LogP contribution is 2.35. The first-order valence-corrected chi connectivity index (χ1v) is 10.7. The average Bonchev–Trinajstić information content (AvgIpc) is 3.53. The largest absolute Gasteiger partial charge is 0.391 e. The van der Waals surface area contributed by atoms with Gasteiger partial charge in [-0.1, -0.05) is 49.4 Å². The number of rotatable bonds is 6. The van der Waals surface area contributed by atoms with E-state index in [4.69, 9.17) is 11.6 Å². The van der Waals surface area contributed by atoms with Gasteiger partial charge < -0.3 is 10.4 Å². The molecule has 0 bridgehead atoms. The van der Waals surface area contributed by atoms with Crippen LogP contribution in [0.5, 0.6) is 0 Å². The first-order valence-electron chi connectivity index (χ1n) is 10.3. The molecule has 2 fully saturated rings. The van der Waals surface area contributed by atoms with Crippen molar-refractivity contribution >= 4 is 17.5 Å². The van der Waals surface area contributed by atoms with Crippen molar-refractivity contribution in [2.45, 2.75) is 63.5 Å². The predicted octanol–water partition coefficient (Wildman–Crippen LogP) is 4.78. The van der Waals surface area contributed by atoms with E-state index in [1.54, 1.807) is 6.20 Å². The number of hydrogen-bond acceptors (Lipinski definition) is 3. The number of amides is 1. The highest BCUT2D eigenvalue weighted by atomic mass is 35.5. The first-order chi connectivity index (χ1) is 13.6. The van der Waals surface area contributed by atoms with E-state index in [-0.39, 0.29) is 11.9 Å². The zero-order valence-corrected chi connectivity index (χ0v) is 16.8. The SMILES string of the molecule is O=C(N[C@@H]1CCCC[C@H]1O)c1cnc(CCC2CC2)c(-c2ccc(Cl)cc2)c1. The van der Waals surface area contributed by atoms with E-state index in [2.05, 4.69) is 10.3 Å². The Labute approximate surface area is 171 Å². The maximum atomic E-state index is 12.8. The lowest BCUT2D eigenvalue weighted by Crippen LogP contribution is -2.45. The molecule has 28 heavy (non-hydrogen) atoms. The Hall–Kier alpha value is -1.91. The van der Waals surface area contributed by atoms with Gasteiger partial charge in [0.2, 0.25) is 0 Å². The molecule has 4 nitrogen and oxygen atoms in total. The second-order valence-electron chi connectivity index (χ2n) is 8.14. The Bertz CT molecular complexity index is 833. The van der Waals surface area contributed by atoms with Crippen molar-refractivity contribution in [3.63, 3.8) is 0 Å². The average molecular weight is 399 g/mol. The Morgan fingerprint density at radius 1 is 1.14 bits per heavy atom. The zero-order chi connectivity index (χ0) is 19.5. The summed E-state index contributed by atoms with van der Waals surface area (Å²) in [6.07, 6.45) is 9.55. The van der Waals surface area contributed by atoms with Gasteiger partial charge in [0.1, 0.15) is 0 Å². The van der Waals surface area contributed by atoms with E-state index in [1.807, 2.05) is 30.3 Å². The lowest BCUT2D eigenvalue weighted by atomic mass is 9.92. The Balaban J connectivity index is 1.57. The van der Waals surface area contributed by atoms with E-state index in [1.165, 1.54) is 12.8 Å². The molecule has 2 saturated carbocycles. The molecule has 2 N–H and O–H groups in total. The highest BCUT2D eigenvalue weighted by molar-refractivity contribution is 6.30. The smallest absolute Gasteiger partial charge is 0.253 e. The van der Waals surface area contributed by atoms with Gasteiger partial charge in [-0.2, -0.15) is 0 Å². The standard InChI is InChI=1S/C23H27ClN2O2/c24-18-10-8-16(9-11-18)19-13-17(14-25-20(19)12-7-15-5-6-15)23(28)26-21-3-1-2-4-22(21)27/h8-11,13-15,21-22,27H,1-7,12H2,(H,26,28)/t21-,22-/m1/s1. The van der Waals surface area contributed by atoms with Gasteiger partial charge in [0.15, 0.2) is 0 Å². The number of hydrogen-bond donors (Lipinski definition) is 2. The van der Waals surface area contributed by atoms with Gasteiger partial charge in [-0.15, -0.1) is 0 Å². The monoisotopic (exact) mass is 398 g/mol. The van der Waals surface area contributed by atoms with Gasteiger partial charge in [-0.3, -0.25) is 9.78 Å². The lowest BCUT2D eigenvalue weighted by Gasteiger charge is -2.28. The zero-order valence-electron chi connectivity index (χ0n) is 16.0. The number of aliphatic hydroxyl groups is 1. The maximum absolute atomic E-state index is 12.8. The fourth-order valence-electron chi connectivity index (χ4n) is 3.97. The van der Waals surface area contributed by atoms with Crippen LogP contribution in [-0.2, 0) is 6.42 Å². The summed E-state index contributed by atoms with van der Waals surface area (Å²) in [6, 6.07) is 9.45. The number of halogens is 1. The molecule has 1 heterocycles. The van der Waals surface area contributed by atoms with Crippen molar-refractivity contribution in [3.8, 4) is 11.1 Å². The number of aryl methyl sites for hydroxylation is 1. The first kappa shape index (κ1) is 19.4. The minimum absolute atomic E-state index is 0.164. The van der Waals surface area contributed by atoms with Crippen molar-refractivity contribution in [3.05, 3.63) is 52.8 Å². The number of nitrogens with one attached hydrogen (secondary N) is 1. The number of nitrogens with zero attached hydrogens (tertiary/aromatic N) is 1. The molecule has 2 aromatic rings. The summed E-state index contributed by atoms with van der Waals surface area (Å²) >= 11 is 6.05. The normalized spacial score (nSPS) is 22.1. The predicted molar refractivity (Wildman–Crippen MR) is 111 cm³/mol. The van der Waals surface area contributed by atoms with Crippen LogP contribution in [0.25, 0.3) is 11.1 Å². The van der Waals surface area contributed by atoms with E-state index in [9.17, 15) is 9.90 Å². The quantitative estimate of drug-likeness (QED) is 0.736. The number of pyridine rings is 1. The lowest BCUT2D eigenvalue weighted by molar-refractivity contribution is 0.0717. The van der Waals surface area contributed by atoms with E-state index < -0.39 is 6.10 Å². The third-order valence-corrected chi connectivity index (χ3v) is 6.17. The third kappa shape index (κ3) is 4.73. The van der Waals surface area contributed by atoms with E-state index >= 15 is 0 Å². The van der Waals surface area contributed by atoms with Crippen LogP contribution in [0.3, 0.4) is 0 Å². The molecule has 1 aromatic heterocycles. The van der Waals surface area contributed by atoms with Gasteiger partial charge in [-0.05, 0) is 55.4 Å². The molecule has 2 atom stereocenters. The number of carbonyl (C=O) groups is 1. The van der Waals surface area contributed by atoms with Crippen molar-refractivity contribution in [1.29, 1.82) is 0 Å². The number of benzene rings is 1. The summed E-state index contributed by atoms with van der Waals surface area (Å²) in [6.45, 7) is 0. The summed E-state index contributed by atoms with van der Waals surface area (Å²) in [4.78, 5) is 17.5. The fraction of sp³-hybridized carbons (Fsp3) is 0.478. The summed E-state index contributed by atoms with van der Waals surface area (Å²) in [5, 5.41) is 13.8. The molecule has 0 radical (unpaired) electrons. The molecular formula is C23H27ClN2O2. The van der Waals surface area contributed by atoms with E-state index in [0.717, 1.165) is 61.3 Å². The molecular weight excluding hydrogens is 372 g/mol. The van der Waals surface area contributed by atoms with Crippen molar-refractivity contribution in [1.82, 2.24) is 10.3 Å². The van der Waals surface area contributed by atoms with Crippen LogP contribution in [0.15, 0.2) is 36.5 Å². The Morgan fingerprint density at radius 3 is 2.61 bits per heavy atom. The molecule has 2 aliphatic carbocycles. The number of carbonyl (C=O) groups excluding carboxylic acids is 1. The van der Waals surface area contributed by atoms with Gasteiger partial charge in [0.25, 0.3) is 5.91 Å². The van der Waals surface area contributed by atoms with Gasteiger partial charge in [0.05, 0.1) is 17.7 Å². The summed E-state index contributed by atoms with van der Waals surface area (Å²) in [7, 11) is 0. The Morgan fingerprint density at radius 2 is 1.89 bits per heavy atom. The molecule has 0 spiro atoms. The van der Waals surface area contributed by atoms with Crippen LogP contribution in [0.1, 0.15) is 61.0 Å². The van der Waals surface area contributed by atoms with Crippen molar-refractivity contribution in [2.24, 2.45) is 5.92 Å². The summed E-state index contributed by atoms with van der Waals surface area (Å²) in [5.41, 5.74) is 3.59. The molecule has 1 amide bonds. The minimum atomic E-state index is -0.459. The molecule has 1 aromatic carbocycles.